The molecule has 70 valence electrons. The minimum Gasteiger partial charge on any atom is -0.377 e. The zero-order valence-electron chi connectivity index (χ0n) is 7.43. The van der Waals surface area contributed by atoms with E-state index in [1.807, 2.05) is 6.92 Å². The summed E-state index contributed by atoms with van der Waals surface area (Å²) in [7, 11) is 0. The van der Waals surface area contributed by atoms with E-state index in [1.165, 1.54) is 0 Å². The van der Waals surface area contributed by atoms with Gasteiger partial charge in [-0.05, 0) is 6.54 Å². The second-order valence-electron chi connectivity index (χ2n) is 2.91. The summed E-state index contributed by atoms with van der Waals surface area (Å²) in [6.45, 7) is 5.05. The van der Waals surface area contributed by atoms with Crippen molar-refractivity contribution < 1.29 is 9.53 Å². The summed E-state index contributed by atoms with van der Waals surface area (Å²) in [4.78, 5) is 11.1. The number of hydrogen-bond acceptors (Lipinski definition) is 3. The van der Waals surface area contributed by atoms with E-state index in [4.69, 9.17) is 4.74 Å². The lowest BCUT2D eigenvalue weighted by Gasteiger charge is -2.26. The largest absolute Gasteiger partial charge is 0.377 e. The molecule has 0 atom stereocenters. The van der Waals surface area contributed by atoms with Gasteiger partial charge >= 0.3 is 0 Å². The fourth-order valence-electron chi connectivity index (χ4n) is 0.998. The monoisotopic (exact) mass is 172 g/mol. The van der Waals surface area contributed by atoms with Crippen molar-refractivity contribution in [3.8, 4) is 0 Å². The van der Waals surface area contributed by atoms with Crippen LogP contribution in [0.1, 0.15) is 13.3 Å². The standard InChI is InChI=1S/C8H16N2O2/c1-2-9-4-3-8(11)10-7-5-12-6-7/h7,9H,2-6H2,1H3,(H,10,11). The van der Waals surface area contributed by atoms with Crippen LogP contribution in [0, 0.1) is 0 Å². The smallest absolute Gasteiger partial charge is 0.221 e. The highest BCUT2D eigenvalue weighted by atomic mass is 16.5. The van der Waals surface area contributed by atoms with Crippen molar-refractivity contribution in [2.75, 3.05) is 26.3 Å². The van der Waals surface area contributed by atoms with E-state index >= 15 is 0 Å². The lowest BCUT2D eigenvalue weighted by molar-refractivity contribution is -0.125. The lowest BCUT2D eigenvalue weighted by Crippen LogP contribution is -2.49. The van der Waals surface area contributed by atoms with Crippen molar-refractivity contribution in [2.45, 2.75) is 19.4 Å². The minimum atomic E-state index is 0.115. The number of hydrogen-bond donors (Lipinski definition) is 2. The topological polar surface area (TPSA) is 50.4 Å². The van der Waals surface area contributed by atoms with Crippen LogP contribution in [0.2, 0.25) is 0 Å². The summed E-state index contributed by atoms with van der Waals surface area (Å²) in [5.74, 6) is 0.115. The van der Waals surface area contributed by atoms with Gasteiger partial charge in [-0.25, -0.2) is 0 Å². The van der Waals surface area contributed by atoms with E-state index in [0.717, 1.165) is 13.1 Å². The number of rotatable bonds is 5. The molecule has 1 aliphatic heterocycles. The Balaban J connectivity index is 1.95. The molecule has 0 spiro atoms. The molecule has 0 aromatic carbocycles. The van der Waals surface area contributed by atoms with Gasteiger partial charge in [-0.15, -0.1) is 0 Å². The van der Waals surface area contributed by atoms with Gasteiger partial charge in [-0.3, -0.25) is 4.79 Å². The van der Waals surface area contributed by atoms with Gasteiger partial charge in [-0.2, -0.15) is 0 Å². The Bertz CT molecular complexity index is 146. The molecule has 0 aromatic rings. The van der Waals surface area contributed by atoms with Crippen molar-refractivity contribution in [3.63, 3.8) is 0 Å². The van der Waals surface area contributed by atoms with Gasteiger partial charge in [-0.1, -0.05) is 6.92 Å². The molecule has 0 aromatic heterocycles. The van der Waals surface area contributed by atoms with E-state index in [0.29, 0.717) is 19.6 Å². The Kier molecular flexibility index (Phi) is 4.04. The first kappa shape index (κ1) is 9.48. The zero-order valence-corrected chi connectivity index (χ0v) is 7.43. The molecule has 4 heteroatoms. The molecular weight excluding hydrogens is 156 g/mol. The Labute approximate surface area is 72.7 Å². The van der Waals surface area contributed by atoms with Gasteiger partial charge in [0.2, 0.25) is 5.91 Å². The molecule has 1 saturated heterocycles. The fraction of sp³-hybridized carbons (Fsp3) is 0.875. The molecule has 0 unspecified atom stereocenters. The quantitative estimate of drug-likeness (QED) is 0.550. The van der Waals surface area contributed by atoms with E-state index in [-0.39, 0.29) is 11.9 Å². The summed E-state index contributed by atoms with van der Waals surface area (Å²) in [6, 6.07) is 0.263. The molecule has 0 radical (unpaired) electrons. The molecule has 1 rings (SSSR count). The number of ether oxygens (including phenoxy) is 1. The first-order chi connectivity index (χ1) is 5.83. The van der Waals surface area contributed by atoms with Gasteiger partial charge in [0, 0.05) is 13.0 Å². The maximum absolute atomic E-state index is 11.1. The Morgan fingerprint density at radius 3 is 2.83 bits per heavy atom. The molecule has 1 aliphatic rings. The number of nitrogens with one attached hydrogen (secondary N) is 2. The van der Waals surface area contributed by atoms with Gasteiger partial charge in [0.05, 0.1) is 19.3 Å². The van der Waals surface area contributed by atoms with Crippen LogP contribution in [0.15, 0.2) is 0 Å². The van der Waals surface area contributed by atoms with Gasteiger partial charge < -0.3 is 15.4 Å². The molecule has 1 fully saturated rings. The molecule has 1 heterocycles. The third-order valence-corrected chi connectivity index (χ3v) is 1.78. The second-order valence-corrected chi connectivity index (χ2v) is 2.91. The highest BCUT2D eigenvalue weighted by Crippen LogP contribution is 1.99. The van der Waals surface area contributed by atoms with E-state index < -0.39 is 0 Å². The SMILES string of the molecule is CCNCCC(=O)NC1COC1. The predicted molar refractivity (Wildman–Crippen MR) is 45.9 cm³/mol. The highest BCUT2D eigenvalue weighted by Gasteiger charge is 2.19. The summed E-state index contributed by atoms with van der Waals surface area (Å²) < 4.78 is 4.93. The molecule has 0 bridgehead atoms. The third-order valence-electron chi connectivity index (χ3n) is 1.78. The van der Waals surface area contributed by atoms with Crippen LogP contribution in [0.25, 0.3) is 0 Å². The predicted octanol–water partition coefficient (Wildman–Crippen LogP) is -0.499. The summed E-state index contributed by atoms with van der Waals surface area (Å²) in [6.07, 6.45) is 0.560. The van der Waals surface area contributed by atoms with Gasteiger partial charge in [0.25, 0.3) is 0 Å². The first-order valence-corrected chi connectivity index (χ1v) is 4.40. The van der Waals surface area contributed by atoms with Crippen LogP contribution >= 0.6 is 0 Å². The number of carbonyl (C=O) groups excluding carboxylic acids is 1. The summed E-state index contributed by atoms with van der Waals surface area (Å²) in [5, 5.41) is 5.97. The average molecular weight is 172 g/mol. The Morgan fingerprint density at radius 2 is 2.33 bits per heavy atom. The third kappa shape index (κ3) is 3.19. The Morgan fingerprint density at radius 1 is 1.58 bits per heavy atom. The normalized spacial score (nSPS) is 17.1. The van der Waals surface area contributed by atoms with Crippen LogP contribution in [0.5, 0.6) is 0 Å². The molecule has 0 saturated carbocycles. The van der Waals surface area contributed by atoms with E-state index in [9.17, 15) is 4.79 Å². The fourth-order valence-corrected chi connectivity index (χ4v) is 0.998. The highest BCUT2D eigenvalue weighted by molar-refractivity contribution is 5.76. The second kappa shape index (κ2) is 5.11. The minimum absolute atomic E-state index is 0.115. The van der Waals surface area contributed by atoms with Crippen LogP contribution < -0.4 is 10.6 Å². The van der Waals surface area contributed by atoms with Crippen LogP contribution in [-0.4, -0.2) is 38.3 Å². The molecule has 12 heavy (non-hydrogen) atoms. The maximum Gasteiger partial charge on any atom is 0.221 e. The zero-order chi connectivity index (χ0) is 8.81. The maximum atomic E-state index is 11.1. The van der Waals surface area contributed by atoms with Crippen LogP contribution in [-0.2, 0) is 9.53 Å². The molecule has 1 amide bonds. The van der Waals surface area contributed by atoms with E-state index in [2.05, 4.69) is 10.6 Å². The molecular formula is C8H16N2O2. The van der Waals surface area contributed by atoms with Crippen molar-refractivity contribution in [1.29, 1.82) is 0 Å². The summed E-state index contributed by atoms with van der Waals surface area (Å²) in [5.41, 5.74) is 0. The van der Waals surface area contributed by atoms with Crippen molar-refractivity contribution >= 4 is 5.91 Å². The van der Waals surface area contributed by atoms with Crippen molar-refractivity contribution in [2.24, 2.45) is 0 Å². The number of carbonyl (C=O) groups is 1. The van der Waals surface area contributed by atoms with E-state index in [1.54, 1.807) is 0 Å². The average Bonchev–Trinajstić information content (AvgIpc) is 1.98. The molecule has 0 aliphatic carbocycles. The van der Waals surface area contributed by atoms with Crippen molar-refractivity contribution in [1.82, 2.24) is 10.6 Å². The summed E-state index contributed by atoms with van der Waals surface area (Å²) >= 11 is 0. The van der Waals surface area contributed by atoms with Crippen LogP contribution in [0.3, 0.4) is 0 Å². The lowest BCUT2D eigenvalue weighted by atomic mass is 10.2. The van der Waals surface area contributed by atoms with Gasteiger partial charge in [0.1, 0.15) is 0 Å². The van der Waals surface area contributed by atoms with Crippen LogP contribution in [0.4, 0.5) is 0 Å². The number of amides is 1. The molecule has 2 N–H and O–H groups in total. The molecule has 4 nitrogen and oxygen atoms in total. The first-order valence-electron chi connectivity index (χ1n) is 4.40. The van der Waals surface area contributed by atoms with Gasteiger partial charge in [0.15, 0.2) is 0 Å². The van der Waals surface area contributed by atoms with Crippen molar-refractivity contribution in [3.05, 3.63) is 0 Å². The Hall–Kier alpha value is -0.610.